The minimum Gasteiger partial charge on any atom is -0.359 e. The molecule has 0 aliphatic heterocycles. The summed E-state index contributed by atoms with van der Waals surface area (Å²) in [5.74, 6) is 0.0750. The molecule has 1 N–H and O–H groups in total. The highest BCUT2D eigenvalue weighted by Crippen LogP contribution is 2.18. The molecule has 1 aromatic rings. The summed E-state index contributed by atoms with van der Waals surface area (Å²) < 4.78 is 1.02. The van der Waals surface area contributed by atoms with Gasteiger partial charge in [-0.05, 0) is 30.5 Å². The molecule has 0 heterocycles. The number of benzene rings is 1. The Labute approximate surface area is 128 Å². The molecule has 0 bridgehead atoms. The Morgan fingerprint density at radius 3 is 2.65 bits per heavy atom. The van der Waals surface area contributed by atoms with E-state index >= 15 is 0 Å². The molecule has 0 atom stereocenters. The van der Waals surface area contributed by atoms with Crippen LogP contribution in [0.1, 0.15) is 24.0 Å². The van der Waals surface area contributed by atoms with E-state index in [4.69, 9.17) is 0 Å². The second kappa shape index (κ2) is 8.04. The largest absolute Gasteiger partial charge is 0.359 e. The first kappa shape index (κ1) is 16.7. The maximum Gasteiger partial charge on any atom is 0.226 e. The summed E-state index contributed by atoms with van der Waals surface area (Å²) in [6, 6.07) is 5.94. The van der Waals surface area contributed by atoms with Crippen molar-refractivity contribution in [3.05, 3.63) is 33.8 Å². The van der Waals surface area contributed by atoms with E-state index in [9.17, 15) is 9.59 Å². The Balaban J connectivity index is 2.45. The van der Waals surface area contributed by atoms with Crippen molar-refractivity contribution in [2.24, 2.45) is 0 Å². The van der Waals surface area contributed by atoms with Crippen molar-refractivity contribution < 1.29 is 9.59 Å². The Morgan fingerprint density at radius 1 is 1.35 bits per heavy atom. The van der Waals surface area contributed by atoms with E-state index in [1.807, 2.05) is 25.1 Å². The topological polar surface area (TPSA) is 49.4 Å². The number of amides is 2. The van der Waals surface area contributed by atoms with Crippen LogP contribution in [-0.4, -0.2) is 37.4 Å². The van der Waals surface area contributed by atoms with Crippen molar-refractivity contribution in [3.63, 3.8) is 0 Å². The van der Waals surface area contributed by atoms with E-state index in [2.05, 4.69) is 21.2 Å². The molecule has 1 rings (SSSR count). The summed E-state index contributed by atoms with van der Waals surface area (Å²) in [4.78, 5) is 24.8. The number of likely N-dealkylation sites (N-methyl/N-ethyl adjacent to an activating group) is 1. The molecular weight excluding hydrogens is 320 g/mol. The van der Waals surface area contributed by atoms with Gasteiger partial charge in [0.25, 0.3) is 0 Å². The van der Waals surface area contributed by atoms with Gasteiger partial charge in [-0.3, -0.25) is 9.59 Å². The van der Waals surface area contributed by atoms with Gasteiger partial charge in [0.2, 0.25) is 11.8 Å². The van der Waals surface area contributed by atoms with Gasteiger partial charge in [-0.15, -0.1) is 0 Å². The van der Waals surface area contributed by atoms with Crippen LogP contribution in [0.3, 0.4) is 0 Å². The summed E-state index contributed by atoms with van der Waals surface area (Å²) in [6.45, 7) is 2.61. The van der Waals surface area contributed by atoms with Gasteiger partial charge in [0.05, 0.1) is 6.42 Å². The molecule has 0 saturated heterocycles. The lowest BCUT2D eigenvalue weighted by molar-refractivity contribution is -0.129. The second-order valence-corrected chi connectivity index (χ2v) is 5.71. The SMILES string of the molecule is CNC(=O)CCCN(C)C(=O)Cc1ccc(C)c(Br)c1. The van der Waals surface area contributed by atoms with Crippen molar-refractivity contribution in [2.75, 3.05) is 20.6 Å². The molecule has 0 aromatic heterocycles. The molecule has 0 unspecified atom stereocenters. The van der Waals surface area contributed by atoms with Crippen LogP contribution in [0.25, 0.3) is 0 Å². The number of nitrogens with one attached hydrogen (secondary N) is 1. The minimum atomic E-state index is 0.00770. The summed E-state index contributed by atoms with van der Waals surface area (Å²) in [6.07, 6.45) is 1.51. The third-order valence-corrected chi connectivity index (χ3v) is 4.05. The van der Waals surface area contributed by atoms with Crippen molar-refractivity contribution in [1.82, 2.24) is 10.2 Å². The lowest BCUT2D eigenvalue weighted by Crippen LogP contribution is -2.30. The van der Waals surface area contributed by atoms with Crippen molar-refractivity contribution in [2.45, 2.75) is 26.2 Å². The van der Waals surface area contributed by atoms with Crippen molar-refractivity contribution >= 4 is 27.7 Å². The molecule has 4 nitrogen and oxygen atoms in total. The maximum absolute atomic E-state index is 12.1. The molecule has 0 radical (unpaired) electrons. The molecule has 0 aliphatic rings. The van der Waals surface area contributed by atoms with E-state index in [0.29, 0.717) is 25.8 Å². The van der Waals surface area contributed by atoms with Crippen LogP contribution >= 0.6 is 15.9 Å². The average molecular weight is 341 g/mol. The third kappa shape index (κ3) is 5.33. The molecule has 20 heavy (non-hydrogen) atoms. The summed E-state index contributed by atoms with van der Waals surface area (Å²) in [5, 5.41) is 2.57. The standard InChI is InChI=1S/C15H21BrN2O2/c1-11-6-7-12(9-13(11)16)10-15(20)18(3)8-4-5-14(19)17-2/h6-7,9H,4-5,8,10H2,1-3H3,(H,17,19). The van der Waals surface area contributed by atoms with Gasteiger partial charge in [0, 0.05) is 31.5 Å². The molecule has 0 fully saturated rings. The first-order valence-corrected chi connectivity index (χ1v) is 7.43. The van der Waals surface area contributed by atoms with Crippen LogP contribution in [0, 0.1) is 6.92 Å². The molecule has 2 amide bonds. The van der Waals surface area contributed by atoms with Crippen molar-refractivity contribution in [3.8, 4) is 0 Å². The highest BCUT2D eigenvalue weighted by atomic mass is 79.9. The van der Waals surface area contributed by atoms with Gasteiger partial charge in [-0.2, -0.15) is 0 Å². The van der Waals surface area contributed by atoms with Gasteiger partial charge in [0.1, 0.15) is 0 Å². The zero-order valence-electron chi connectivity index (χ0n) is 12.2. The lowest BCUT2D eigenvalue weighted by Gasteiger charge is -2.17. The predicted molar refractivity (Wildman–Crippen MR) is 83.5 cm³/mol. The fourth-order valence-electron chi connectivity index (χ4n) is 1.78. The molecule has 0 saturated carbocycles. The van der Waals surface area contributed by atoms with E-state index in [-0.39, 0.29) is 11.8 Å². The molecule has 1 aromatic carbocycles. The number of hydrogen-bond acceptors (Lipinski definition) is 2. The van der Waals surface area contributed by atoms with E-state index in [0.717, 1.165) is 15.6 Å². The summed E-state index contributed by atoms with van der Waals surface area (Å²) in [5.41, 5.74) is 2.14. The van der Waals surface area contributed by atoms with Crippen LogP contribution in [-0.2, 0) is 16.0 Å². The highest BCUT2D eigenvalue weighted by Gasteiger charge is 2.10. The quantitative estimate of drug-likeness (QED) is 0.863. The van der Waals surface area contributed by atoms with Gasteiger partial charge >= 0.3 is 0 Å². The fourth-order valence-corrected chi connectivity index (χ4v) is 2.21. The molecule has 5 heteroatoms. The molecule has 0 aliphatic carbocycles. The zero-order chi connectivity index (χ0) is 15.1. The van der Waals surface area contributed by atoms with Gasteiger partial charge < -0.3 is 10.2 Å². The Hall–Kier alpha value is -1.36. The minimum absolute atomic E-state index is 0.00770. The van der Waals surface area contributed by atoms with Gasteiger partial charge in [-0.1, -0.05) is 28.1 Å². The zero-order valence-corrected chi connectivity index (χ0v) is 13.8. The van der Waals surface area contributed by atoms with E-state index in [1.165, 1.54) is 0 Å². The van der Waals surface area contributed by atoms with Crippen molar-refractivity contribution in [1.29, 1.82) is 0 Å². The Kier molecular flexibility index (Phi) is 6.71. The second-order valence-electron chi connectivity index (χ2n) is 4.85. The van der Waals surface area contributed by atoms with Gasteiger partial charge in [-0.25, -0.2) is 0 Å². The first-order valence-electron chi connectivity index (χ1n) is 6.63. The number of carbonyl (C=O) groups is 2. The molecule has 0 spiro atoms. The Morgan fingerprint density at radius 2 is 2.05 bits per heavy atom. The monoisotopic (exact) mass is 340 g/mol. The van der Waals surface area contributed by atoms with E-state index in [1.54, 1.807) is 19.0 Å². The summed E-state index contributed by atoms with van der Waals surface area (Å²) in [7, 11) is 3.39. The normalized spacial score (nSPS) is 10.2. The average Bonchev–Trinajstić information content (AvgIpc) is 2.42. The van der Waals surface area contributed by atoms with Crippen LogP contribution in [0.15, 0.2) is 22.7 Å². The maximum atomic E-state index is 12.1. The fraction of sp³-hybridized carbons (Fsp3) is 0.467. The van der Waals surface area contributed by atoms with Crippen LogP contribution < -0.4 is 5.32 Å². The Bertz CT molecular complexity index is 489. The van der Waals surface area contributed by atoms with Gasteiger partial charge in [0.15, 0.2) is 0 Å². The van der Waals surface area contributed by atoms with Crippen LogP contribution in [0.4, 0.5) is 0 Å². The number of halogens is 1. The van der Waals surface area contributed by atoms with E-state index < -0.39 is 0 Å². The first-order chi connectivity index (χ1) is 9.43. The molecular formula is C15H21BrN2O2. The number of hydrogen-bond donors (Lipinski definition) is 1. The lowest BCUT2D eigenvalue weighted by atomic mass is 10.1. The highest BCUT2D eigenvalue weighted by molar-refractivity contribution is 9.10. The molecule has 110 valence electrons. The smallest absolute Gasteiger partial charge is 0.226 e. The predicted octanol–water partition coefficient (Wildman–Crippen LogP) is 2.28. The van der Waals surface area contributed by atoms with Crippen LogP contribution in [0.5, 0.6) is 0 Å². The third-order valence-electron chi connectivity index (χ3n) is 3.19. The number of rotatable bonds is 6. The van der Waals surface area contributed by atoms with Crippen LogP contribution in [0.2, 0.25) is 0 Å². The summed E-state index contributed by atoms with van der Waals surface area (Å²) >= 11 is 3.47. The number of aryl methyl sites for hydroxylation is 1. The number of nitrogens with zero attached hydrogens (tertiary/aromatic N) is 1. The number of carbonyl (C=O) groups excluding carboxylic acids is 2.